The third kappa shape index (κ3) is 3.68. The Morgan fingerprint density at radius 2 is 2.12 bits per heavy atom. The van der Waals surface area contributed by atoms with Gasteiger partial charge in [0.25, 0.3) is 0 Å². The maximum Gasteiger partial charge on any atom is 0.222 e. The fraction of sp³-hybridized carbons (Fsp3) is 0.923. The SMILES string of the molecule is COC1CCCN(C(=O)CC2CCNCC2)C1. The van der Waals surface area contributed by atoms with Gasteiger partial charge in [0.15, 0.2) is 0 Å². The molecule has 0 bridgehead atoms. The van der Waals surface area contributed by atoms with Crippen molar-refractivity contribution in [1.82, 2.24) is 10.2 Å². The number of piperidine rings is 2. The lowest BCUT2D eigenvalue weighted by Crippen LogP contribution is -2.44. The minimum atomic E-state index is 0.251. The highest BCUT2D eigenvalue weighted by atomic mass is 16.5. The number of hydrogen-bond acceptors (Lipinski definition) is 3. The van der Waals surface area contributed by atoms with E-state index >= 15 is 0 Å². The lowest BCUT2D eigenvalue weighted by Gasteiger charge is -2.33. The van der Waals surface area contributed by atoms with Crippen molar-refractivity contribution >= 4 is 5.91 Å². The van der Waals surface area contributed by atoms with Crippen molar-refractivity contribution in [2.75, 3.05) is 33.3 Å². The zero-order valence-corrected chi connectivity index (χ0v) is 10.8. The fourth-order valence-corrected chi connectivity index (χ4v) is 2.82. The first kappa shape index (κ1) is 12.8. The summed E-state index contributed by atoms with van der Waals surface area (Å²) in [6.45, 7) is 3.85. The molecule has 4 heteroatoms. The van der Waals surface area contributed by atoms with Crippen LogP contribution >= 0.6 is 0 Å². The van der Waals surface area contributed by atoms with E-state index in [9.17, 15) is 4.79 Å². The van der Waals surface area contributed by atoms with E-state index < -0.39 is 0 Å². The normalized spacial score (nSPS) is 27.1. The third-order valence-electron chi connectivity index (χ3n) is 3.99. The Morgan fingerprint density at radius 1 is 1.35 bits per heavy atom. The molecule has 0 aromatic carbocycles. The van der Waals surface area contributed by atoms with E-state index in [1.54, 1.807) is 7.11 Å². The maximum atomic E-state index is 12.2. The Morgan fingerprint density at radius 3 is 2.82 bits per heavy atom. The third-order valence-corrected chi connectivity index (χ3v) is 3.99. The topological polar surface area (TPSA) is 41.6 Å². The Labute approximate surface area is 104 Å². The second-order valence-corrected chi connectivity index (χ2v) is 5.24. The van der Waals surface area contributed by atoms with E-state index in [-0.39, 0.29) is 6.10 Å². The Bertz CT molecular complexity index is 252. The molecule has 2 aliphatic heterocycles. The molecule has 0 radical (unpaired) electrons. The number of nitrogens with one attached hydrogen (secondary N) is 1. The number of carbonyl (C=O) groups excluding carboxylic acids is 1. The monoisotopic (exact) mass is 240 g/mol. The van der Waals surface area contributed by atoms with Crippen LogP contribution in [0.15, 0.2) is 0 Å². The Kier molecular flexibility index (Phi) is 4.80. The van der Waals surface area contributed by atoms with Crippen LogP contribution in [-0.4, -0.2) is 50.2 Å². The Balaban J connectivity index is 1.78. The number of likely N-dealkylation sites (tertiary alicyclic amines) is 1. The van der Waals surface area contributed by atoms with Gasteiger partial charge in [-0.1, -0.05) is 0 Å². The molecule has 2 rings (SSSR count). The van der Waals surface area contributed by atoms with Gasteiger partial charge in [-0.15, -0.1) is 0 Å². The zero-order chi connectivity index (χ0) is 12.1. The molecule has 98 valence electrons. The molecule has 0 aromatic rings. The van der Waals surface area contributed by atoms with Crippen molar-refractivity contribution in [3.05, 3.63) is 0 Å². The lowest BCUT2D eigenvalue weighted by molar-refractivity contribution is -0.135. The van der Waals surface area contributed by atoms with Crippen molar-refractivity contribution in [2.45, 2.75) is 38.2 Å². The van der Waals surface area contributed by atoms with Crippen LogP contribution < -0.4 is 5.32 Å². The summed E-state index contributed by atoms with van der Waals surface area (Å²) >= 11 is 0. The molecule has 2 fully saturated rings. The number of amides is 1. The molecule has 2 aliphatic rings. The van der Waals surface area contributed by atoms with E-state index in [1.165, 1.54) is 0 Å². The number of rotatable bonds is 3. The second-order valence-electron chi connectivity index (χ2n) is 5.24. The molecule has 1 amide bonds. The van der Waals surface area contributed by atoms with Crippen LogP contribution in [0.25, 0.3) is 0 Å². The fourth-order valence-electron chi connectivity index (χ4n) is 2.82. The molecule has 2 heterocycles. The molecular formula is C13H24N2O2. The molecule has 1 N–H and O–H groups in total. The van der Waals surface area contributed by atoms with Crippen LogP contribution in [0.3, 0.4) is 0 Å². The van der Waals surface area contributed by atoms with Crippen molar-refractivity contribution in [3.8, 4) is 0 Å². The van der Waals surface area contributed by atoms with Gasteiger partial charge in [0.1, 0.15) is 0 Å². The van der Waals surface area contributed by atoms with E-state index in [2.05, 4.69) is 5.32 Å². The average molecular weight is 240 g/mol. The van der Waals surface area contributed by atoms with Gasteiger partial charge >= 0.3 is 0 Å². The molecule has 1 unspecified atom stereocenters. The first-order valence-electron chi connectivity index (χ1n) is 6.81. The number of nitrogens with zero attached hydrogens (tertiary/aromatic N) is 1. The van der Waals surface area contributed by atoms with Crippen LogP contribution in [0.5, 0.6) is 0 Å². The van der Waals surface area contributed by atoms with Crippen LogP contribution in [-0.2, 0) is 9.53 Å². The quantitative estimate of drug-likeness (QED) is 0.800. The smallest absolute Gasteiger partial charge is 0.222 e. The van der Waals surface area contributed by atoms with Gasteiger partial charge in [0, 0.05) is 26.6 Å². The van der Waals surface area contributed by atoms with E-state index in [0.717, 1.165) is 58.3 Å². The molecule has 1 atom stereocenters. The highest BCUT2D eigenvalue weighted by Crippen LogP contribution is 2.19. The summed E-state index contributed by atoms with van der Waals surface area (Å²) in [7, 11) is 1.74. The summed E-state index contributed by atoms with van der Waals surface area (Å²) in [6, 6.07) is 0. The van der Waals surface area contributed by atoms with E-state index in [1.807, 2.05) is 4.90 Å². The second kappa shape index (κ2) is 6.36. The molecule has 0 aliphatic carbocycles. The standard InChI is InChI=1S/C13H24N2O2/c1-17-12-3-2-8-15(10-12)13(16)9-11-4-6-14-7-5-11/h11-12,14H,2-10H2,1H3. The number of ether oxygens (including phenoxy) is 1. The van der Waals surface area contributed by atoms with Gasteiger partial charge in [-0.2, -0.15) is 0 Å². The van der Waals surface area contributed by atoms with Crippen LogP contribution in [0.4, 0.5) is 0 Å². The highest BCUT2D eigenvalue weighted by molar-refractivity contribution is 5.76. The number of methoxy groups -OCH3 is 1. The van der Waals surface area contributed by atoms with Gasteiger partial charge in [0.05, 0.1) is 6.10 Å². The van der Waals surface area contributed by atoms with Crippen LogP contribution in [0.1, 0.15) is 32.1 Å². The summed E-state index contributed by atoms with van der Waals surface area (Å²) in [4.78, 5) is 14.2. The predicted octanol–water partition coefficient (Wildman–Crippen LogP) is 1.01. The van der Waals surface area contributed by atoms with Gasteiger partial charge in [-0.25, -0.2) is 0 Å². The van der Waals surface area contributed by atoms with Crippen LogP contribution in [0.2, 0.25) is 0 Å². The Hall–Kier alpha value is -0.610. The number of hydrogen-bond donors (Lipinski definition) is 1. The maximum absolute atomic E-state index is 12.2. The zero-order valence-electron chi connectivity index (χ0n) is 10.8. The summed E-state index contributed by atoms with van der Waals surface area (Å²) in [5.41, 5.74) is 0. The van der Waals surface area contributed by atoms with Crippen molar-refractivity contribution in [2.24, 2.45) is 5.92 Å². The van der Waals surface area contributed by atoms with Gasteiger partial charge < -0.3 is 15.0 Å². The minimum Gasteiger partial charge on any atom is -0.380 e. The van der Waals surface area contributed by atoms with Crippen molar-refractivity contribution in [1.29, 1.82) is 0 Å². The van der Waals surface area contributed by atoms with Crippen molar-refractivity contribution in [3.63, 3.8) is 0 Å². The van der Waals surface area contributed by atoms with Crippen LogP contribution in [0, 0.1) is 5.92 Å². The lowest BCUT2D eigenvalue weighted by atomic mass is 9.93. The van der Waals surface area contributed by atoms with Crippen molar-refractivity contribution < 1.29 is 9.53 Å². The van der Waals surface area contributed by atoms with Gasteiger partial charge in [-0.05, 0) is 44.7 Å². The largest absolute Gasteiger partial charge is 0.380 e. The average Bonchev–Trinajstić information content (AvgIpc) is 2.40. The van der Waals surface area contributed by atoms with E-state index in [0.29, 0.717) is 11.8 Å². The predicted molar refractivity (Wildman–Crippen MR) is 66.8 cm³/mol. The summed E-state index contributed by atoms with van der Waals surface area (Å²) in [5, 5.41) is 3.34. The molecule has 0 spiro atoms. The minimum absolute atomic E-state index is 0.251. The molecule has 17 heavy (non-hydrogen) atoms. The molecule has 4 nitrogen and oxygen atoms in total. The molecular weight excluding hydrogens is 216 g/mol. The molecule has 0 saturated carbocycles. The molecule has 2 saturated heterocycles. The summed E-state index contributed by atoms with van der Waals surface area (Å²) in [6.07, 6.45) is 5.45. The van der Waals surface area contributed by atoms with Gasteiger partial charge in [0.2, 0.25) is 5.91 Å². The summed E-state index contributed by atoms with van der Waals surface area (Å²) < 4.78 is 5.36. The highest BCUT2D eigenvalue weighted by Gasteiger charge is 2.25. The van der Waals surface area contributed by atoms with Gasteiger partial charge in [-0.3, -0.25) is 4.79 Å². The molecule has 0 aromatic heterocycles. The number of carbonyl (C=O) groups is 1. The summed E-state index contributed by atoms with van der Waals surface area (Å²) in [5.74, 6) is 0.922. The van der Waals surface area contributed by atoms with E-state index in [4.69, 9.17) is 4.74 Å². The first-order chi connectivity index (χ1) is 8.29. The first-order valence-corrected chi connectivity index (χ1v) is 6.81.